The molecule has 1 aliphatic heterocycles. The molecule has 112 valence electrons. The number of halogens is 3. The summed E-state index contributed by atoms with van der Waals surface area (Å²) in [5.41, 5.74) is 6.20. The quantitative estimate of drug-likeness (QED) is 0.923. The van der Waals surface area contributed by atoms with Gasteiger partial charge in [0.25, 0.3) is 0 Å². The molecular formula is C13H17ClF2N2O2. The number of rotatable bonds is 4. The highest BCUT2D eigenvalue weighted by atomic mass is 35.5. The maximum atomic E-state index is 12.3. The van der Waals surface area contributed by atoms with Crippen molar-refractivity contribution < 1.29 is 18.3 Å². The number of nitrogens with two attached hydrogens (primary N) is 1. The number of carbonyl (C=O) groups excluding carboxylic acids is 1. The highest BCUT2D eigenvalue weighted by Crippen LogP contribution is 2.22. The Labute approximate surface area is 122 Å². The molecule has 1 heterocycles. The average molecular weight is 307 g/mol. The smallest absolute Gasteiger partial charge is 0.387 e. The molecule has 4 nitrogen and oxygen atoms in total. The van der Waals surface area contributed by atoms with Gasteiger partial charge >= 0.3 is 6.61 Å². The maximum absolute atomic E-state index is 12.3. The SMILES string of the molecule is Cl.N[C@@H]1CCN(C(=O)Cc2ccccc2OC(F)F)C1. The van der Waals surface area contributed by atoms with Gasteiger partial charge in [-0.2, -0.15) is 8.78 Å². The van der Waals surface area contributed by atoms with Crippen molar-refractivity contribution in [1.82, 2.24) is 4.90 Å². The summed E-state index contributed by atoms with van der Waals surface area (Å²) in [5.74, 6) is -0.0624. The average Bonchev–Trinajstić information content (AvgIpc) is 2.78. The molecule has 1 saturated heterocycles. The molecule has 2 rings (SSSR count). The van der Waals surface area contributed by atoms with Crippen molar-refractivity contribution >= 4 is 18.3 Å². The van der Waals surface area contributed by atoms with Crippen molar-refractivity contribution in [2.75, 3.05) is 13.1 Å². The first-order valence-corrected chi connectivity index (χ1v) is 6.12. The lowest BCUT2D eigenvalue weighted by atomic mass is 10.1. The first-order valence-electron chi connectivity index (χ1n) is 6.12. The Morgan fingerprint density at radius 2 is 2.15 bits per heavy atom. The molecular weight excluding hydrogens is 290 g/mol. The Balaban J connectivity index is 0.00000200. The van der Waals surface area contributed by atoms with Gasteiger partial charge in [-0.25, -0.2) is 0 Å². The topological polar surface area (TPSA) is 55.6 Å². The van der Waals surface area contributed by atoms with Crippen LogP contribution in [0, 0.1) is 0 Å². The Hall–Kier alpha value is -1.40. The van der Waals surface area contributed by atoms with Crippen LogP contribution in [0.1, 0.15) is 12.0 Å². The molecule has 0 aliphatic carbocycles. The number of carbonyl (C=O) groups is 1. The van der Waals surface area contributed by atoms with Crippen LogP contribution in [-0.4, -0.2) is 36.5 Å². The number of alkyl halides is 2. The van der Waals surface area contributed by atoms with Crippen LogP contribution < -0.4 is 10.5 Å². The molecule has 0 saturated carbocycles. The van der Waals surface area contributed by atoms with E-state index in [0.29, 0.717) is 18.7 Å². The molecule has 1 fully saturated rings. The molecule has 0 spiro atoms. The second-order valence-corrected chi connectivity index (χ2v) is 4.55. The van der Waals surface area contributed by atoms with E-state index in [9.17, 15) is 13.6 Å². The first kappa shape index (κ1) is 16.7. The molecule has 0 radical (unpaired) electrons. The molecule has 1 aromatic carbocycles. The van der Waals surface area contributed by atoms with Crippen LogP contribution in [0.15, 0.2) is 24.3 Å². The molecule has 1 aliphatic rings. The van der Waals surface area contributed by atoms with Crippen molar-refractivity contribution in [3.63, 3.8) is 0 Å². The highest BCUT2D eigenvalue weighted by Gasteiger charge is 2.24. The molecule has 0 unspecified atom stereocenters. The van der Waals surface area contributed by atoms with E-state index >= 15 is 0 Å². The predicted octanol–water partition coefficient (Wildman–Crippen LogP) is 1.81. The van der Waals surface area contributed by atoms with Gasteiger partial charge in [-0.05, 0) is 12.5 Å². The molecule has 0 bridgehead atoms. The summed E-state index contributed by atoms with van der Waals surface area (Å²) in [7, 11) is 0. The summed E-state index contributed by atoms with van der Waals surface area (Å²) < 4.78 is 28.9. The lowest BCUT2D eigenvalue weighted by Crippen LogP contribution is -2.33. The van der Waals surface area contributed by atoms with Crippen molar-refractivity contribution in [1.29, 1.82) is 0 Å². The number of hydrogen-bond acceptors (Lipinski definition) is 3. The minimum atomic E-state index is -2.89. The van der Waals surface area contributed by atoms with Crippen LogP contribution in [0.4, 0.5) is 8.78 Å². The summed E-state index contributed by atoms with van der Waals surface area (Å²) in [4.78, 5) is 13.7. The normalized spacial score (nSPS) is 18.0. The highest BCUT2D eigenvalue weighted by molar-refractivity contribution is 5.85. The molecule has 1 aromatic rings. The second kappa shape index (κ2) is 7.40. The summed E-state index contributed by atoms with van der Waals surface area (Å²) >= 11 is 0. The molecule has 20 heavy (non-hydrogen) atoms. The monoisotopic (exact) mass is 306 g/mol. The first-order chi connectivity index (χ1) is 9.06. The fraction of sp³-hybridized carbons (Fsp3) is 0.462. The lowest BCUT2D eigenvalue weighted by Gasteiger charge is -2.17. The van der Waals surface area contributed by atoms with Crippen molar-refractivity contribution in [3.8, 4) is 5.75 Å². The van der Waals surface area contributed by atoms with Crippen molar-refractivity contribution in [3.05, 3.63) is 29.8 Å². The third kappa shape index (κ3) is 4.31. The van der Waals surface area contributed by atoms with Crippen LogP contribution in [0.25, 0.3) is 0 Å². The molecule has 1 amide bonds. The van der Waals surface area contributed by atoms with E-state index in [0.717, 1.165) is 6.42 Å². The maximum Gasteiger partial charge on any atom is 0.387 e. The minimum Gasteiger partial charge on any atom is -0.435 e. The zero-order valence-electron chi connectivity index (χ0n) is 10.8. The molecule has 7 heteroatoms. The Morgan fingerprint density at radius 3 is 2.75 bits per heavy atom. The van der Waals surface area contributed by atoms with E-state index in [2.05, 4.69) is 4.74 Å². The summed E-state index contributed by atoms with van der Waals surface area (Å²) in [6.07, 6.45) is 0.830. The Bertz CT molecular complexity index is 460. The zero-order chi connectivity index (χ0) is 13.8. The van der Waals surface area contributed by atoms with Crippen molar-refractivity contribution in [2.45, 2.75) is 25.5 Å². The van der Waals surface area contributed by atoms with Crippen molar-refractivity contribution in [2.24, 2.45) is 5.73 Å². The fourth-order valence-electron chi connectivity index (χ4n) is 2.15. The van der Waals surface area contributed by atoms with Gasteiger partial charge in [-0.1, -0.05) is 18.2 Å². The predicted molar refractivity (Wildman–Crippen MR) is 73.2 cm³/mol. The van der Waals surface area contributed by atoms with E-state index < -0.39 is 6.61 Å². The van der Waals surface area contributed by atoms with E-state index in [1.54, 1.807) is 23.1 Å². The van der Waals surface area contributed by atoms with Gasteiger partial charge in [0.1, 0.15) is 5.75 Å². The van der Waals surface area contributed by atoms with Crippen LogP contribution in [0.3, 0.4) is 0 Å². The number of hydrogen-bond donors (Lipinski definition) is 1. The van der Waals surface area contributed by atoms with Gasteiger partial charge in [0.2, 0.25) is 5.91 Å². The summed E-state index contributed by atoms with van der Waals surface area (Å²) in [5, 5.41) is 0. The lowest BCUT2D eigenvalue weighted by molar-refractivity contribution is -0.129. The third-order valence-corrected chi connectivity index (χ3v) is 3.11. The largest absolute Gasteiger partial charge is 0.435 e. The summed E-state index contributed by atoms with van der Waals surface area (Å²) in [6.45, 7) is -1.74. The van der Waals surface area contributed by atoms with E-state index in [-0.39, 0.29) is 36.5 Å². The number of likely N-dealkylation sites (tertiary alicyclic amines) is 1. The van der Waals surface area contributed by atoms with Gasteiger partial charge in [-0.15, -0.1) is 12.4 Å². The van der Waals surface area contributed by atoms with E-state index in [1.165, 1.54) is 6.07 Å². The zero-order valence-corrected chi connectivity index (χ0v) is 11.6. The van der Waals surface area contributed by atoms with Crippen LogP contribution in [-0.2, 0) is 11.2 Å². The van der Waals surface area contributed by atoms with Gasteiger partial charge in [0, 0.05) is 24.7 Å². The summed E-state index contributed by atoms with van der Waals surface area (Å²) in [6, 6.07) is 6.35. The number of para-hydroxylation sites is 1. The van der Waals surface area contributed by atoms with Gasteiger partial charge in [-0.3, -0.25) is 4.79 Å². The minimum absolute atomic E-state index is 0. The van der Waals surface area contributed by atoms with Crippen LogP contribution >= 0.6 is 12.4 Å². The number of benzene rings is 1. The van der Waals surface area contributed by atoms with Gasteiger partial charge < -0.3 is 15.4 Å². The number of amides is 1. The van der Waals surface area contributed by atoms with E-state index in [4.69, 9.17) is 5.73 Å². The fourth-order valence-corrected chi connectivity index (χ4v) is 2.15. The number of nitrogens with zero attached hydrogens (tertiary/aromatic N) is 1. The molecule has 1 atom stereocenters. The van der Waals surface area contributed by atoms with Crippen LogP contribution in [0.2, 0.25) is 0 Å². The molecule has 0 aromatic heterocycles. The third-order valence-electron chi connectivity index (χ3n) is 3.11. The number of ether oxygens (including phenoxy) is 1. The standard InChI is InChI=1S/C13H16F2N2O2.ClH/c14-13(15)19-11-4-2-1-3-9(11)7-12(18)17-6-5-10(16)8-17;/h1-4,10,13H,5-8,16H2;1H/t10-;/m1./s1. The van der Waals surface area contributed by atoms with Gasteiger partial charge in [0.05, 0.1) is 6.42 Å². The Morgan fingerprint density at radius 1 is 1.45 bits per heavy atom. The van der Waals surface area contributed by atoms with Crippen LogP contribution in [0.5, 0.6) is 5.75 Å². The molecule has 2 N–H and O–H groups in total. The second-order valence-electron chi connectivity index (χ2n) is 4.55. The Kier molecular flexibility index (Phi) is 6.16. The van der Waals surface area contributed by atoms with E-state index in [1.807, 2.05) is 0 Å². The van der Waals surface area contributed by atoms with Gasteiger partial charge in [0.15, 0.2) is 0 Å².